The van der Waals surface area contributed by atoms with Crippen LogP contribution in [0.3, 0.4) is 0 Å². The van der Waals surface area contributed by atoms with Gasteiger partial charge in [0.2, 0.25) is 0 Å². The maximum absolute atomic E-state index is 13.2. The maximum atomic E-state index is 13.2. The Hall–Kier alpha value is -0.330. The van der Waals surface area contributed by atoms with Crippen LogP contribution in [0.15, 0.2) is 12.2 Å². The van der Waals surface area contributed by atoms with E-state index in [1.54, 1.807) is 6.92 Å². The third-order valence-electron chi connectivity index (χ3n) is 3.06. The Bertz CT molecular complexity index is 161. The van der Waals surface area contributed by atoms with Crippen LogP contribution in [-0.2, 0) is 0 Å². The molecule has 0 bridgehead atoms. The number of halogens is 1. The van der Waals surface area contributed by atoms with Crippen LogP contribution in [-0.4, -0.2) is 6.17 Å². The number of hydrogen-bond acceptors (Lipinski definition) is 0. The molecule has 0 saturated heterocycles. The van der Waals surface area contributed by atoms with Crippen molar-refractivity contribution in [2.24, 2.45) is 5.92 Å². The van der Waals surface area contributed by atoms with Gasteiger partial charge in [-0.25, -0.2) is 4.39 Å². The first-order chi connectivity index (χ1) is 7.11. The molecule has 0 aliphatic carbocycles. The second kappa shape index (κ2) is 8.94. The second-order valence-electron chi connectivity index (χ2n) is 4.62. The van der Waals surface area contributed by atoms with Gasteiger partial charge < -0.3 is 0 Å². The highest BCUT2D eigenvalue weighted by atomic mass is 19.1. The number of unbranched alkanes of at least 4 members (excludes halogenated alkanes) is 1. The van der Waals surface area contributed by atoms with E-state index in [-0.39, 0.29) is 5.92 Å². The predicted octanol–water partition coefficient (Wildman–Crippen LogP) is 5.29. The van der Waals surface area contributed by atoms with Gasteiger partial charge in [-0.3, -0.25) is 0 Å². The van der Waals surface area contributed by atoms with Gasteiger partial charge in [0.1, 0.15) is 6.17 Å². The monoisotopic (exact) mass is 214 g/mol. The molecule has 0 aliphatic heterocycles. The summed E-state index contributed by atoms with van der Waals surface area (Å²) in [7, 11) is 0. The van der Waals surface area contributed by atoms with Crippen molar-refractivity contribution in [2.75, 3.05) is 0 Å². The molecule has 0 aliphatic rings. The lowest BCUT2D eigenvalue weighted by Gasteiger charge is -2.17. The minimum atomic E-state index is -0.663. The van der Waals surface area contributed by atoms with Crippen molar-refractivity contribution in [1.29, 1.82) is 0 Å². The molecular weight excluding hydrogens is 187 g/mol. The minimum absolute atomic E-state index is 0.244. The van der Waals surface area contributed by atoms with Crippen LogP contribution >= 0.6 is 0 Å². The van der Waals surface area contributed by atoms with E-state index in [4.69, 9.17) is 0 Å². The number of allylic oxidation sites excluding steroid dienone is 1. The topological polar surface area (TPSA) is 0 Å². The molecule has 15 heavy (non-hydrogen) atoms. The van der Waals surface area contributed by atoms with E-state index in [0.717, 1.165) is 32.1 Å². The van der Waals surface area contributed by atoms with Gasteiger partial charge in [0.05, 0.1) is 0 Å². The van der Waals surface area contributed by atoms with Crippen LogP contribution in [0.1, 0.15) is 65.7 Å². The van der Waals surface area contributed by atoms with E-state index in [2.05, 4.69) is 20.4 Å². The zero-order valence-electron chi connectivity index (χ0n) is 10.7. The molecule has 0 rings (SSSR count). The lowest BCUT2D eigenvalue weighted by Crippen LogP contribution is -2.12. The fraction of sp³-hybridized carbons (Fsp3) is 0.857. The van der Waals surface area contributed by atoms with Crippen LogP contribution in [0.25, 0.3) is 0 Å². The first-order valence-corrected chi connectivity index (χ1v) is 6.42. The average Bonchev–Trinajstić information content (AvgIpc) is 2.20. The summed E-state index contributed by atoms with van der Waals surface area (Å²) < 4.78 is 13.2. The van der Waals surface area contributed by atoms with Gasteiger partial charge in [-0.1, -0.05) is 38.8 Å². The Morgan fingerprint density at radius 2 is 1.80 bits per heavy atom. The fourth-order valence-corrected chi connectivity index (χ4v) is 1.92. The number of alkyl halides is 1. The number of hydrogen-bond donors (Lipinski definition) is 0. The molecule has 0 nitrogen and oxygen atoms in total. The van der Waals surface area contributed by atoms with Gasteiger partial charge in [-0.15, -0.1) is 0 Å². The van der Waals surface area contributed by atoms with Gasteiger partial charge in [0, 0.05) is 0 Å². The summed E-state index contributed by atoms with van der Waals surface area (Å²) in [5.41, 5.74) is 1.30. The zero-order valence-corrected chi connectivity index (χ0v) is 10.7. The summed E-state index contributed by atoms with van der Waals surface area (Å²) in [5.74, 6) is 0.244. The van der Waals surface area contributed by atoms with E-state index in [1.165, 1.54) is 18.4 Å². The van der Waals surface area contributed by atoms with Gasteiger partial charge >= 0.3 is 0 Å². The molecule has 0 aromatic heterocycles. The van der Waals surface area contributed by atoms with Crippen LogP contribution in [0, 0.1) is 5.92 Å². The molecule has 0 amide bonds. The first kappa shape index (κ1) is 14.7. The average molecular weight is 214 g/mol. The van der Waals surface area contributed by atoms with Gasteiger partial charge in [0.25, 0.3) is 0 Å². The SMILES string of the molecule is C=C(CCCC)CCC(CCC)C(C)F. The van der Waals surface area contributed by atoms with Crippen LogP contribution in [0.2, 0.25) is 0 Å². The summed E-state index contributed by atoms with van der Waals surface area (Å²) in [5, 5.41) is 0. The van der Waals surface area contributed by atoms with E-state index in [9.17, 15) is 4.39 Å². The Morgan fingerprint density at radius 1 is 1.13 bits per heavy atom. The Kier molecular flexibility index (Phi) is 8.74. The molecule has 0 radical (unpaired) electrons. The molecule has 2 atom stereocenters. The standard InChI is InChI=1S/C14H27F/c1-5-7-9-12(3)10-11-14(8-6-2)13(4)15/h13-14H,3,5-11H2,1-2,4H3. The van der Waals surface area contributed by atoms with E-state index < -0.39 is 6.17 Å². The Balaban J connectivity index is 3.73. The largest absolute Gasteiger partial charge is 0.247 e. The summed E-state index contributed by atoms with van der Waals surface area (Å²) in [6.07, 6.45) is 6.99. The third kappa shape index (κ3) is 7.58. The molecular formula is C14H27F. The van der Waals surface area contributed by atoms with Crippen molar-refractivity contribution >= 4 is 0 Å². The molecule has 1 heteroatoms. The Morgan fingerprint density at radius 3 is 2.27 bits per heavy atom. The molecule has 0 aromatic carbocycles. The molecule has 2 unspecified atom stereocenters. The summed E-state index contributed by atoms with van der Waals surface area (Å²) in [6.45, 7) is 10.1. The van der Waals surface area contributed by atoms with Crippen molar-refractivity contribution in [3.63, 3.8) is 0 Å². The van der Waals surface area contributed by atoms with E-state index in [0.29, 0.717) is 0 Å². The molecule has 0 saturated carbocycles. The molecule has 0 N–H and O–H groups in total. The minimum Gasteiger partial charge on any atom is -0.247 e. The van der Waals surface area contributed by atoms with Crippen LogP contribution < -0.4 is 0 Å². The Labute approximate surface area is 95.0 Å². The fourth-order valence-electron chi connectivity index (χ4n) is 1.92. The summed E-state index contributed by atoms with van der Waals surface area (Å²) in [6, 6.07) is 0. The van der Waals surface area contributed by atoms with E-state index >= 15 is 0 Å². The van der Waals surface area contributed by atoms with Crippen molar-refractivity contribution in [1.82, 2.24) is 0 Å². The van der Waals surface area contributed by atoms with Crippen LogP contribution in [0.4, 0.5) is 4.39 Å². The van der Waals surface area contributed by atoms with Crippen molar-refractivity contribution in [2.45, 2.75) is 71.9 Å². The molecule has 0 aromatic rings. The van der Waals surface area contributed by atoms with Gasteiger partial charge in [0.15, 0.2) is 0 Å². The summed E-state index contributed by atoms with van der Waals surface area (Å²) in [4.78, 5) is 0. The lowest BCUT2D eigenvalue weighted by atomic mass is 9.91. The first-order valence-electron chi connectivity index (χ1n) is 6.42. The van der Waals surface area contributed by atoms with Crippen molar-refractivity contribution in [3.8, 4) is 0 Å². The normalized spacial score (nSPS) is 14.9. The van der Waals surface area contributed by atoms with Crippen molar-refractivity contribution < 1.29 is 4.39 Å². The van der Waals surface area contributed by atoms with Crippen LogP contribution in [0.5, 0.6) is 0 Å². The third-order valence-corrected chi connectivity index (χ3v) is 3.06. The molecule has 0 spiro atoms. The predicted molar refractivity (Wildman–Crippen MR) is 66.9 cm³/mol. The molecule has 90 valence electrons. The highest BCUT2D eigenvalue weighted by Crippen LogP contribution is 2.23. The second-order valence-corrected chi connectivity index (χ2v) is 4.62. The van der Waals surface area contributed by atoms with Crippen molar-refractivity contribution in [3.05, 3.63) is 12.2 Å². The maximum Gasteiger partial charge on any atom is 0.100 e. The zero-order chi connectivity index (χ0) is 11.7. The lowest BCUT2D eigenvalue weighted by molar-refractivity contribution is 0.224. The van der Waals surface area contributed by atoms with Gasteiger partial charge in [-0.05, 0) is 44.9 Å². The number of rotatable bonds is 9. The highest BCUT2D eigenvalue weighted by Gasteiger charge is 2.15. The summed E-state index contributed by atoms with van der Waals surface area (Å²) >= 11 is 0. The molecule has 0 heterocycles. The van der Waals surface area contributed by atoms with Gasteiger partial charge in [-0.2, -0.15) is 0 Å². The quantitative estimate of drug-likeness (QED) is 0.458. The molecule has 0 fully saturated rings. The smallest absolute Gasteiger partial charge is 0.100 e. The van der Waals surface area contributed by atoms with E-state index in [1.807, 2.05) is 0 Å². The highest BCUT2D eigenvalue weighted by molar-refractivity contribution is 4.94.